The Morgan fingerprint density at radius 2 is 2.26 bits per heavy atom. The highest BCUT2D eigenvalue weighted by molar-refractivity contribution is 5.75. The van der Waals surface area contributed by atoms with Crippen molar-refractivity contribution in [2.45, 2.75) is 38.7 Å². The van der Waals surface area contributed by atoms with Crippen molar-refractivity contribution in [1.29, 1.82) is 0 Å². The van der Waals surface area contributed by atoms with Gasteiger partial charge in [-0.05, 0) is 39.6 Å². The van der Waals surface area contributed by atoms with Crippen LogP contribution in [0.1, 0.15) is 32.6 Å². The molecule has 0 amide bonds. The monoisotopic (exact) mass is 271 g/mol. The largest absolute Gasteiger partial charge is 0.378 e. The summed E-state index contributed by atoms with van der Waals surface area (Å²) in [6.45, 7) is 7.56. The van der Waals surface area contributed by atoms with Crippen LogP contribution in [0.15, 0.2) is 22.0 Å². The van der Waals surface area contributed by atoms with Crippen molar-refractivity contribution >= 4 is 12.9 Å². The fourth-order valence-corrected chi connectivity index (χ4v) is 1.50. The minimum atomic E-state index is -0.478. The van der Waals surface area contributed by atoms with Crippen LogP contribution in [0.25, 0.3) is 0 Å². The summed E-state index contributed by atoms with van der Waals surface area (Å²) < 4.78 is 18.7. The lowest BCUT2D eigenvalue weighted by Crippen LogP contribution is -2.21. The molecule has 0 fully saturated rings. The van der Waals surface area contributed by atoms with Gasteiger partial charge in [0.25, 0.3) is 0 Å². The van der Waals surface area contributed by atoms with E-state index in [2.05, 4.69) is 28.9 Å². The molecule has 0 saturated carbocycles. The predicted octanol–water partition coefficient (Wildman–Crippen LogP) is 2.75. The van der Waals surface area contributed by atoms with E-state index in [0.717, 1.165) is 45.0 Å². The average Bonchev–Trinajstić information content (AvgIpc) is 2.40. The zero-order valence-electron chi connectivity index (χ0n) is 12.1. The first-order valence-corrected chi connectivity index (χ1v) is 6.82. The zero-order chi connectivity index (χ0) is 14.3. The van der Waals surface area contributed by atoms with E-state index in [1.54, 1.807) is 0 Å². The molecule has 19 heavy (non-hydrogen) atoms. The summed E-state index contributed by atoms with van der Waals surface area (Å²) in [5.41, 5.74) is 0. The van der Waals surface area contributed by atoms with Gasteiger partial charge in [-0.15, -0.1) is 0 Å². The molecular weight excluding hydrogens is 245 g/mol. The number of ether oxygens (including phenoxy) is 1. The predicted molar refractivity (Wildman–Crippen MR) is 79.9 cm³/mol. The van der Waals surface area contributed by atoms with Crippen LogP contribution in [-0.4, -0.2) is 45.8 Å². The van der Waals surface area contributed by atoms with Crippen LogP contribution < -0.4 is 5.32 Å². The fourth-order valence-electron chi connectivity index (χ4n) is 1.50. The second-order valence-corrected chi connectivity index (χ2v) is 4.26. The van der Waals surface area contributed by atoms with Crippen LogP contribution in [0.2, 0.25) is 0 Å². The number of hydrogen-bond acceptors (Lipinski definition) is 4. The van der Waals surface area contributed by atoms with Crippen molar-refractivity contribution in [3.05, 3.63) is 12.0 Å². The normalized spacial score (nSPS) is 13.9. The molecule has 1 unspecified atom stereocenters. The van der Waals surface area contributed by atoms with Gasteiger partial charge >= 0.3 is 0 Å². The molecule has 0 radical (unpaired) electrons. The van der Waals surface area contributed by atoms with E-state index in [-0.39, 0.29) is 6.10 Å². The molecule has 1 atom stereocenters. The van der Waals surface area contributed by atoms with Gasteiger partial charge in [-0.1, -0.05) is 13.3 Å². The molecule has 0 aromatic carbocycles. The molecule has 0 aliphatic heterocycles. The average molecular weight is 271 g/mol. The highest BCUT2D eigenvalue weighted by Gasteiger charge is 2.07. The molecule has 0 heterocycles. The van der Waals surface area contributed by atoms with Gasteiger partial charge in [-0.3, -0.25) is 9.98 Å². The Labute approximate surface area is 115 Å². The van der Waals surface area contributed by atoms with Crippen molar-refractivity contribution in [2.24, 2.45) is 9.98 Å². The van der Waals surface area contributed by atoms with Gasteiger partial charge in [0.2, 0.25) is 0 Å². The van der Waals surface area contributed by atoms with E-state index in [1.807, 2.05) is 7.05 Å². The number of nitrogens with one attached hydrogen (secondary N) is 1. The summed E-state index contributed by atoms with van der Waals surface area (Å²) in [5.74, 6) is -0.478. The maximum absolute atomic E-state index is 12.9. The highest BCUT2D eigenvalue weighted by Crippen LogP contribution is 2.05. The van der Waals surface area contributed by atoms with Crippen LogP contribution in [0.3, 0.4) is 0 Å². The van der Waals surface area contributed by atoms with Crippen LogP contribution in [-0.2, 0) is 4.74 Å². The lowest BCUT2D eigenvalue weighted by molar-refractivity contribution is 0.0422. The van der Waals surface area contributed by atoms with Crippen molar-refractivity contribution < 1.29 is 9.13 Å². The molecule has 0 aromatic rings. The molecule has 0 aromatic heterocycles. The lowest BCUT2D eigenvalue weighted by Gasteiger charge is -2.16. The van der Waals surface area contributed by atoms with Gasteiger partial charge in [0.15, 0.2) is 5.83 Å². The van der Waals surface area contributed by atoms with Gasteiger partial charge < -0.3 is 10.1 Å². The Morgan fingerprint density at radius 3 is 2.89 bits per heavy atom. The van der Waals surface area contributed by atoms with Gasteiger partial charge in [-0.2, -0.15) is 0 Å². The van der Waals surface area contributed by atoms with E-state index in [1.165, 1.54) is 6.21 Å². The lowest BCUT2D eigenvalue weighted by atomic mass is 10.2. The number of rotatable bonds is 12. The van der Waals surface area contributed by atoms with E-state index in [4.69, 9.17) is 4.74 Å². The Morgan fingerprint density at radius 1 is 1.47 bits per heavy atom. The maximum atomic E-state index is 12.9. The van der Waals surface area contributed by atoms with Crippen LogP contribution in [0, 0.1) is 0 Å². The summed E-state index contributed by atoms with van der Waals surface area (Å²) >= 11 is 0. The van der Waals surface area contributed by atoms with Gasteiger partial charge in [0.1, 0.15) is 0 Å². The van der Waals surface area contributed by atoms with E-state index in [0.29, 0.717) is 6.54 Å². The number of allylic oxidation sites excluding steroid dienone is 1. The topological polar surface area (TPSA) is 46.0 Å². The summed E-state index contributed by atoms with van der Waals surface area (Å²) in [5, 5.41) is 3.11. The minimum absolute atomic E-state index is 0.181. The Hall–Kier alpha value is -1.07. The summed E-state index contributed by atoms with van der Waals surface area (Å²) in [6, 6.07) is 0. The summed E-state index contributed by atoms with van der Waals surface area (Å²) in [4.78, 5) is 7.34. The van der Waals surface area contributed by atoms with Crippen molar-refractivity contribution in [2.75, 3.05) is 26.7 Å². The first-order chi connectivity index (χ1) is 9.24. The Bertz CT molecular complexity index is 280. The fraction of sp³-hybridized carbons (Fsp3) is 0.714. The third-order valence-electron chi connectivity index (χ3n) is 2.58. The third-order valence-corrected chi connectivity index (χ3v) is 2.58. The van der Waals surface area contributed by atoms with Crippen LogP contribution in [0.4, 0.5) is 4.39 Å². The Balaban J connectivity index is 3.95. The van der Waals surface area contributed by atoms with Crippen LogP contribution in [0.5, 0.6) is 0 Å². The SMILES string of the molecule is C=N/C=C(/F)C=NCCC(CCNC)OCCCC. The van der Waals surface area contributed by atoms with Crippen molar-refractivity contribution in [1.82, 2.24) is 5.32 Å². The number of nitrogens with zero attached hydrogens (tertiary/aromatic N) is 2. The molecule has 0 bridgehead atoms. The van der Waals surface area contributed by atoms with Crippen molar-refractivity contribution in [3.63, 3.8) is 0 Å². The van der Waals surface area contributed by atoms with E-state index >= 15 is 0 Å². The minimum Gasteiger partial charge on any atom is -0.378 e. The smallest absolute Gasteiger partial charge is 0.159 e. The molecule has 0 aliphatic carbocycles. The maximum Gasteiger partial charge on any atom is 0.159 e. The molecule has 5 heteroatoms. The molecule has 4 nitrogen and oxygen atoms in total. The molecule has 0 spiro atoms. The van der Waals surface area contributed by atoms with E-state index < -0.39 is 5.83 Å². The highest BCUT2D eigenvalue weighted by atomic mass is 19.1. The number of halogens is 1. The Kier molecular flexibility index (Phi) is 12.6. The van der Waals surface area contributed by atoms with Crippen LogP contribution >= 0.6 is 0 Å². The molecule has 0 rings (SSSR count). The molecule has 110 valence electrons. The molecule has 0 aliphatic rings. The van der Waals surface area contributed by atoms with Gasteiger partial charge in [0, 0.05) is 13.2 Å². The molecule has 0 saturated heterocycles. The third kappa shape index (κ3) is 11.7. The van der Waals surface area contributed by atoms with Gasteiger partial charge in [-0.25, -0.2) is 4.39 Å². The first-order valence-electron chi connectivity index (χ1n) is 6.82. The number of aliphatic imine (C=N–C) groups is 2. The summed E-state index contributed by atoms with van der Waals surface area (Å²) in [7, 11) is 1.92. The number of unbranched alkanes of at least 4 members (excludes halogenated alkanes) is 1. The van der Waals surface area contributed by atoms with E-state index in [9.17, 15) is 4.39 Å². The number of hydrogen-bond donors (Lipinski definition) is 1. The summed E-state index contributed by atoms with van der Waals surface area (Å²) in [6.07, 6.45) is 6.35. The first kappa shape index (κ1) is 17.9. The second-order valence-electron chi connectivity index (χ2n) is 4.26. The van der Waals surface area contributed by atoms with Gasteiger partial charge in [0.05, 0.1) is 18.5 Å². The zero-order valence-corrected chi connectivity index (χ0v) is 12.1. The standard InChI is InChI=1S/C14H26FN3O/c1-4-5-10-19-14(6-8-16-2)7-9-18-12-13(15)11-17-3/h11-12,14,16H,3-10H2,1-2H3/b13-11+,18-12?. The van der Waals surface area contributed by atoms with Crippen molar-refractivity contribution in [3.8, 4) is 0 Å². The quantitative estimate of drug-likeness (QED) is 0.438. The second kappa shape index (κ2) is 13.4. The molecular formula is C14H26FN3O. The molecule has 1 N–H and O–H groups in total.